The van der Waals surface area contributed by atoms with E-state index in [1.54, 1.807) is 0 Å². The monoisotopic (exact) mass is 301 g/mol. The van der Waals surface area contributed by atoms with E-state index in [4.69, 9.17) is 0 Å². The van der Waals surface area contributed by atoms with Gasteiger partial charge in [0.2, 0.25) is 0 Å². The lowest BCUT2D eigenvalue weighted by atomic mass is 10.0. The number of para-hydroxylation sites is 1. The van der Waals surface area contributed by atoms with Gasteiger partial charge < -0.3 is 5.11 Å². The molecule has 5 heteroatoms. The standard InChI is InChI=1S/C17H23N3O2/c1-12(2)9-16(17(21)22)19-8-7-14(11-19)20-15-6-4-3-5-13(15)10-18-20/h3-6,10,12,14,16H,7-9,11H2,1-2H3,(H,21,22). The Morgan fingerprint density at radius 2 is 2.18 bits per heavy atom. The van der Waals surface area contributed by atoms with Gasteiger partial charge in [-0.3, -0.25) is 14.4 Å². The van der Waals surface area contributed by atoms with Gasteiger partial charge in [0.25, 0.3) is 0 Å². The maximum absolute atomic E-state index is 11.6. The minimum Gasteiger partial charge on any atom is -0.480 e. The number of hydrogen-bond acceptors (Lipinski definition) is 3. The van der Waals surface area contributed by atoms with Crippen molar-refractivity contribution in [2.75, 3.05) is 13.1 Å². The number of carboxylic acid groups (broad SMARTS) is 1. The molecule has 0 spiro atoms. The Morgan fingerprint density at radius 1 is 1.41 bits per heavy atom. The zero-order valence-electron chi connectivity index (χ0n) is 13.1. The summed E-state index contributed by atoms with van der Waals surface area (Å²) in [4.78, 5) is 13.7. The second-order valence-electron chi connectivity index (χ2n) is 6.57. The van der Waals surface area contributed by atoms with E-state index >= 15 is 0 Å². The van der Waals surface area contributed by atoms with Crippen molar-refractivity contribution in [1.82, 2.24) is 14.7 Å². The topological polar surface area (TPSA) is 58.4 Å². The van der Waals surface area contributed by atoms with E-state index in [0.717, 1.165) is 30.4 Å². The van der Waals surface area contributed by atoms with Crippen molar-refractivity contribution in [2.24, 2.45) is 5.92 Å². The Morgan fingerprint density at radius 3 is 2.91 bits per heavy atom. The first-order valence-corrected chi connectivity index (χ1v) is 7.95. The molecule has 1 aromatic carbocycles. The molecular weight excluding hydrogens is 278 g/mol. The highest BCUT2D eigenvalue weighted by Gasteiger charge is 2.34. The number of fused-ring (bicyclic) bond motifs is 1. The summed E-state index contributed by atoms with van der Waals surface area (Å²) in [6.45, 7) is 5.73. The van der Waals surface area contributed by atoms with E-state index < -0.39 is 5.97 Å². The number of hydrogen-bond donors (Lipinski definition) is 1. The third kappa shape index (κ3) is 2.86. The number of nitrogens with zero attached hydrogens (tertiary/aromatic N) is 3. The lowest BCUT2D eigenvalue weighted by Crippen LogP contribution is -2.40. The van der Waals surface area contributed by atoms with Gasteiger partial charge in [-0.15, -0.1) is 0 Å². The van der Waals surface area contributed by atoms with E-state index in [-0.39, 0.29) is 12.1 Å². The molecular formula is C17H23N3O2. The van der Waals surface area contributed by atoms with Crippen LogP contribution in [-0.2, 0) is 4.79 Å². The van der Waals surface area contributed by atoms with Crippen LogP contribution in [0, 0.1) is 5.92 Å². The number of carboxylic acids is 1. The molecule has 118 valence electrons. The Labute approximate surface area is 130 Å². The first-order chi connectivity index (χ1) is 10.6. The molecule has 2 unspecified atom stereocenters. The second kappa shape index (κ2) is 6.08. The minimum absolute atomic E-state index is 0.258. The molecule has 2 heterocycles. The highest BCUT2D eigenvalue weighted by molar-refractivity contribution is 5.78. The fourth-order valence-corrected chi connectivity index (χ4v) is 3.39. The number of aliphatic carboxylic acids is 1. The van der Waals surface area contributed by atoms with Crippen molar-refractivity contribution >= 4 is 16.9 Å². The fraction of sp³-hybridized carbons (Fsp3) is 0.529. The average molecular weight is 301 g/mol. The van der Waals surface area contributed by atoms with Crippen LogP contribution in [0.2, 0.25) is 0 Å². The first kappa shape index (κ1) is 15.0. The van der Waals surface area contributed by atoms with Crippen LogP contribution < -0.4 is 0 Å². The van der Waals surface area contributed by atoms with E-state index in [9.17, 15) is 9.90 Å². The van der Waals surface area contributed by atoms with Crippen molar-refractivity contribution in [3.8, 4) is 0 Å². The Kier molecular flexibility index (Phi) is 4.16. The molecule has 1 fully saturated rings. The van der Waals surface area contributed by atoms with Crippen molar-refractivity contribution < 1.29 is 9.90 Å². The maximum Gasteiger partial charge on any atom is 0.320 e. The fourth-order valence-electron chi connectivity index (χ4n) is 3.39. The van der Waals surface area contributed by atoms with Gasteiger partial charge in [0, 0.05) is 18.5 Å². The summed E-state index contributed by atoms with van der Waals surface area (Å²) in [5.74, 6) is -0.328. The van der Waals surface area contributed by atoms with Crippen LogP contribution >= 0.6 is 0 Å². The van der Waals surface area contributed by atoms with Crippen LogP contribution in [0.1, 0.15) is 32.7 Å². The number of aromatic nitrogens is 2. The molecule has 2 aromatic rings. The van der Waals surface area contributed by atoms with Crippen LogP contribution in [0.25, 0.3) is 10.9 Å². The van der Waals surface area contributed by atoms with Gasteiger partial charge in [0.1, 0.15) is 6.04 Å². The smallest absolute Gasteiger partial charge is 0.320 e. The van der Waals surface area contributed by atoms with Crippen molar-refractivity contribution in [3.05, 3.63) is 30.5 Å². The van der Waals surface area contributed by atoms with Gasteiger partial charge in [-0.2, -0.15) is 5.10 Å². The molecule has 0 aliphatic carbocycles. The maximum atomic E-state index is 11.6. The van der Waals surface area contributed by atoms with Gasteiger partial charge in [-0.25, -0.2) is 0 Å². The van der Waals surface area contributed by atoms with Gasteiger partial charge in [0.15, 0.2) is 0 Å². The molecule has 1 saturated heterocycles. The quantitative estimate of drug-likeness (QED) is 0.922. The van der Waals surface area contributed by atoms with Crippen molar-refractivity contribution in [2.45, 2.75) is 38.8 Å². The molecule has 5 nitrogen and oxygen atoms in total. The lowest BCUT2D eigenvalue weighted by Gasteiger charge is -2.25. The molecule has 0 bridgehead atoms. The number of likely N-dealkylation sites (tertiary alicyclic amines) is 1. The summed E-state index contributed by atoms with van der Waals surface area (Å²) in [5, 5.41) is 15.2. The highest BCUT2D eigenvalue weighted by Crippen LogP contribution is 2.28. The average Bonchev–Trinajstić information content (AvgIpc) is 3.10. The summed E-state index contributed by atoms with van der Waals surface area (Å²) in [6.07, 6.45) is 3.54. The summed E-state index contributed by atoms with van der Waals surface area (Å²) in [6, 6.07) is 8.04. The molecule has 1 aromatic heterocycles. The van der Waals surface area contributed by atoms with Gasteiger partial charge in [-0.05, 0) is 24.8 Å². The van der Waals surface area contributed by atoms with E-state index in [0.29, 0.717) is 12.3 Å². The lowest BCUT2D eigenvalue weighted by molar-refractivity contribution is -0.143. The normalized spacial score (nSPS) is 20.8. The van der Waals surface area contributed by atoms with Crippen molar-refractivity contribution in [1.29, 1.82) is 0 Å². The molecule has 0 saturated carbocycles. The van der Waals surface area contributed by atoms with Crippen LogP contribution in [0.3, 0.4) is 0 Å². The molecule has 22 heavy (non-hydrogen) atoms. The summed E-state index contributed by atoms with van der Waals surface area (Å²) in [7, 11) is 0. The third-order valence-electron chi connectivity index (χ3n) is 4.47. The number of benzene rings is 1. The minimum atomic E-state index is -0.709. The Balaban J connectivity index is 1.78. The van der Waals surface area contributed by atoms with Gasteiger partial charge in [-0.1, -0.05) is 32.0 Å². The predicted octanol–water partition coefficient (Wildman–Crippen LogP) is 2.78. The molecule has 0 radical (unpaired) electrons. The third-order valence-corrected chi connectivity index (χ3v) is 4.47. The predicted molar refractivity (Wildman–Crippen MR) is 85.8 cm³/mol. The molecule has 3 rings (SSSR count). The molecule has 1 N–H and O–H groups in total. The summed E-state index contributed by atoms with van der Waals surface area (Å²) >= 11 is 0. The number of rotatable bonds is 5. The zero-order valence-corrected chi connectivity index (χ0v) is 13.1. The summed E-state index contributed by atoms with van der Waals surface area (Å²) < 4.78 is 2.06. The van der Waals surface area contributed by atoms with E-state index in [1.807, 2.05) is 18.3 Å². The molecule has 0 amide bonds. The Bertz CT molecular complexity index is 665. The van der Waals surface area contributed by atoms with Gasteiger partial charge in [0.05, 0.1) is 17.8 Å². The van der Waals surface area contributed by atoms with Crippen LogP contribution in [-0.4, -0.2) is 44.9 Å². The number of carbonyl (C=O) groups is 1. The largest absolute Gasteiger partial charge is 0.480 e. The highest BCUT2D eigenvalue weighted by atomic mass is 16.4. The SMILES string of the molecule is CC(C)CC(C(=O)O)N1CCC(n2ncc3ccccc32)C1. The van der Waals surface area contributed by atoms with E-state index in [2.05, 4.69) is 40.7 Å². The van der Waals surface area contributed by atoms with E-state index in [1.165, 1.54) is 0 Å². The van der Waals surface area contributed by atoms with Crippen LogP contribution in [0.4, 0.5) is 0 Å². The molecule has 1 aliphatic rings. The zero-order chi connectivity index (χ0) is 15.7. The van der Waals surface area contributed by atoms with Crippen molar-refractivity contribution in [3.63, 3.8) is 0 Å². The van der Waals surface area contributed by atoms with Crippen LogP contribution in [0.15, 0.2) is 30.5 Å². The summed E-state index contributed by atoms with van der Waals surface area (Å²) in [5.41, 5.74) is 1.13. The molecule has 1 aliphatic heterocycles. The van der Waals surface area contributed by atoms with Crippen LogP contribution in [0.5, 0.6) is 0 Å². The molecule has 2 atom stereocenters. The van der Waals surface area contributed by atoms with Gasteiger partial charge >= 0.3 is 5.97 Å². The first-order valence-electron chi connectivity index (χ1n) is 7.95. The Hall–Kier alpha value is -1.88. The second-order valence-corrected chi connectivity index (χ2v) is 6.57.